The fraction of sp³-hybridized carbons (Fsp3) is 0.269. The van der Waals surface area contributed by atoms with Crippen molar-refractivity contribution >= 4 is 44.4 Å². The lowest BCUT2D eigenvalue weighted by atomic mass is 10.1. The van der Waals surface area contributed by atoms with Gasteiger partial charge in [0, 0.05) is 24.4 Å². The van der Waals surface area contributed by atoms with Gasteiger partial charge in [-0.2, -0.15) is 0 Å². The van der Waals surface area contributed by atoms with E-state index in [2.05, 4.69) is 28.1 Å². The number of benzene rings is 2. The van der Waals surface area contributed by atoms with E-state index in [1.54, 1.807) is 24.3 Å². The summed E-state index contributed by atoms with van der Waals surface area (Å²) in [7, 11) is -3.80. The Hall–Kier alpha value is -2.45. The molecule has 2 aromatic carbocycles. The molecule has 0 spiro atoms. The van der Waals surface area contributed by atoms with E-state index in [-0.39, 0.29) is 14.3 Å². The third-order valence-electron chi connectivity index (χ3n) is 6.10. The molecule has 0 radical (unpaired) electrons. The highest BCUT2D eigenvalue weighted by Gasteiger charge is 2.32. The van der Waals surface area contributed by atoms with Crippen LogP contribution in [0.4, 0.5) is 0 Å². The Labute approximate surface area is 209 Å². The minimum absolute atomic E-state index is 0.0627. The molecule has 0 amide bonds. The number of morpholine rings is 1. The minimum Gasteiger partial charge on any atom is -0.378 e. The second-order valence-corrected chi connectivity index (χ2v) is 11.9. The Balaban J connectivity index is 1.59. The summed E-state index contributed by atoms with van der Waals surface area (Å²) in [6, 6.07) is 17.0. The van der Waals surface area contributed by atoms with Crippen LogP contribution in [-0.4, -0.2) is 44.6 Å². The van der Waals surface area contributed by atoms with Crippen molar-refractivity contribution < 1.29 is 13.2 Å². The fourth-order valence-electron chi connectivity index (χ4n) is 4.38. The second-order valence-electron chi connectivity index (χ2n) is 8.42. The average molecular weight is 513 g/mol. The zero-order valence-corrected chi connectivity index (χ0v) is 21.2. The van der Waals surface area contributed by atoms with Crippen LogP contribution in [0.5, 0.6) is 0 Å². The quantitative estimate of drug-likeness (QED) is 0.428. The smallest absolute Gasteiger partial charge is 0.226 e. The van der Waals surface area contributed by atoms with Crippen molar-refractivity contribution in [1.82, 2.24) is 9.88 Å². The lowest BCUT2D eigenvalue weighted by Crippen LogP contribution is -2.36. The lowest BCUT2D eigenvalue weighted by Gasteiger charge is -2.31. The van der Waals surface area contributed by atoms with Crippen LogP contribution in [0.1, 0.15) is 29.0 Å². The second kappa shape index (κ2) is 9.66. The van der Waals surface area contributed by atoms with Crippen molar-refractivity contribution in [2.45, 2.75) is 29.7 Å². The first-order chi connectivity index (χ1) is 16.4. The SMILES string of the molecule is Cc1ccc(S(=O)(=O)c2nc(C3=C(N4CCOCC4)/C(=C\c4ccccc4)CC3)sc2Cl)cc1. The van der Waals surface area contributed by atoms with E-state index < -0.39 is 9.84 Å². The molecule has 1 saturated heterocycles. The van der Waals surface area contributed by atoms with Crippen LogP contribution < -0.4 is 0 Å². The number of sulfone groups is 1. The summed E-state index contributed by atoms with van der Waals surface area (Å²) in [5.74, 6) is 0. The molecule has 0 unspecified atom stereocenters. The van der Waals surface area contributed by atoms with Crippen molar-refractivity contribution in [2.75, 3.05) is 26.3 Å². The van der Waals surface area contributed by atoms with E-state index in [0.29, 0.717) is 18.2 Å². The van der Waals surface area contributed by atoms with E-state index >= 15 is 0 Å². The summed E-state index contributed by atoms with van der Waals surface area (Å²) in [6.07, 6.45) is 3.88. The Bertz CT molecular complexity index is 1350. The van der Waals surface area contributed by atoms with Crippen molar-refractivity contribution in [3.63, 3.8) is 0 Å². The van der Waals surface area contributed by atoms with Crippen LogP contribution in [0.15, 0.2) is 75.8 Å². The molecule has 0 bridgehead atoms. The molecule has 176 valence electrons. The maximum atomic E-state index is 13.3. The minimum atomic E-state index is -3.80. The molecule has 1 aliphatic heterocycles. The van der Waals surface area contributed by atoms with Crippen LogP contribution in [0.3, 0.4) is 0 Å². The molecule has 0 N–H and O–H groups in total. The number of hydrogen-bond donors (Lipinski definition) is 0. The topological polar surface area (TPSA) is 59.5 Å². The predicted molar refractivity (Wildman–Crippen MR) is 137 cm³/mol. The molecule has 3 aromatic rings. The fourth-order valence-corrected chi connectivity index (χ4v) is 7.36. The predicted octanol–water partition coefficient (Wildman–Crippen LogP) is 5.86. The molecule has 0 saturated carbocycles. The van der Waals surface area contributed by atoms with Gasteiger partial charge in [0.2, 0.25) is 9.84 Å². The van der Waals surface area contributed by atoms with Crippen molar-refractivity contribution in [2.24, 2.45) is 0 Å². The van der Waals surface area contributed by atoms with Gasteiger partial charge in [-0.25, -0.2) is 13.4 Å². The Morgan fingerprint density at radius 2 is 1.74 bits per heavy atom. The molecule has 1 aromatic heterocycles. The lowest BCUT2D eigenvalue weighted by molar-refractivity contribution is 0.0553. The molecule has 2 heterocycles. The van der Waals surface area contributed by atoms with Crippen molar-refractivity contribution in [3.05, 3.63) is 86.3 Å². The van der Waals surface area contributed by atoms with Gasteiger partial charge >= 0.3 is 0 Å². The van der Waals surface area contributed by atoms with Gasteiger partial charge in [-0.15, -0.1) is 11.3 Å². The van der Waals surface area contributed by atoms with Crippen molar-refractivity contribution in [1.29, 1.82) is 0 Å². The zero-order valence-electron chi connectivity index (χ0n) is 18.8. The number of aryl methyl sites for hydroxylation is 1. The molecule has 34 heavy (non-hydrogen) atoms. The molecule has 0 atom stereocenters. The van der Waals surface area contributed by atoms with Gasteiger partial charge in [0.15, 0.2) is 5.03 Å². The molecular weight excluding hydrogens is 488 g/mol. The number of halogens is 1. The van der Waals surface area contributed by atoms with Crippen LogP contribution in [0.2, 0.25) is 4.34 Å². The highest BCUT2D eigenvalue weighted by Crippen LogP contribution is 2.44. The van der Waals surface area contributed by atoms with E-state index in [1.165, 1.54) is 16.9 Å². The molecular formula is C26H25ClN2O3S2. The van der Waals surface area contributed by atoms with Gasteiger partial charge in [0.1, 0.15) is 9.34 Å². The first-order valence-corrected chi connectivity index (χ1v) is 13.9. The van der Waals surface area contributed by atoms with E-state index in [9.17, 15) is 8.42 Å². The van der Waals surface area contributed by atoms with E-state index in [4.69, 9.17) is 16.3 Å². The molecule has 5 nitrogen and oxygen atoms in total. The van der Waals surface area contributed by atoms with E-state index in [0.717, 1.165) is 48.3 Å². The number of hydrogen-bond acceptors (Lipinski definition) is 6. The van der Waals surface area contributed by atoms with Crippen LogP contribution in [-0.2, 0) is 14.6 Å². The first-order valence-electron chi connectivity index (χ1n) is 11.2. The Kier molecular flexibility index (Phi) is 6.62. The zero-order chi connectivity index (χ0) is 23.7. The number of nitrogens with zero attached hydrogens (tertiary/aromatic N) is 2. The van der Waals surface area contributed by atoms with Gasteiger partial charge in [-0.3, -0.25) is 0 Å². The number of aromatic nitrogens is 1. The summed E-state index contributed by atoms with van der Waals surface area (Å²) >= 11 is 7.74. The summed E-state index contributed by atoms with van der Waals surface area (Å²) in [5.41, 5.74) is 5.56. The highest BCUT2D eigenvalue weighted by molar-refractivity contribution is 7.91. The molecule has 1 fully saturated rings. The molecule has 2 aliphatic rings. The molecule has 1 aliphatic carbocycles. The summed E-state index contributed by atoms with van der Waals surface area (Å²) in [6.45, 7) is 4.84. The summed E-state index contributed by atoms with van der Waals surface area (Å²) in [5, 5.41) is 0.612. The van der Waals surface area contributed by atoms with Crippen LogP contribution >= 0.6 is 22.9 Å². The number of ether oxygens (including phenoxy) is 1. The normalized spacial score (nSPS) is 18.2. The van der Waals surface area contributed by atoms with Gasteiger partial charge in [-0.1, -0.05) is 59.6 Å². The van der Waals surface area contributed by atoms with Crippen molar-refractivity contribution in [3.8, 4) is 0 Å². The standard InChI is InChI=1S/C26H25ClN2O3S2/c1-18-7-10-21(11-8-18)34(30,31)26-24(27)33-25(28-26)22-12-9-20(17-19-5-3-2-4-6-19)23(22)29-13-15-32-16-14-29/h2-8,10-11,17H,9,12-16H2,1H3/b20-17-. The maximum Gasteiger partial charge on any atom is 0.226 e. The Morgan fingerprint density at radius 3 is 2.44 bits per heavy atom. The number of allylic oxidation sites excluding steroid dienone is 2. The van der Waals surface area contributed by atoms with Gasteiger partial charge < -0.3 is 9.64 Å². The Morgan fingerprint density at radius 1 is 1.03 bits per heavy atom. The van der Waals surface area contributed by atoms with Crippen LogP contribution in [0.25, 0.3) is 11.6 Å². The van der Waals surface area contributed by atoms with Gasteiger partial charge in [0.25, 0.3) is 0 Å². The first kappa shape index (κ1) is 23.3. The number of thiazole rings is 1. The van der Waals surface area contributed by atoms with Crippen LogP contribution in [0, 0.1) is 6.92 Å². The number of rotatable bonds is 5. The van der Waals surface area contributed by atoms with E-state index in [1.807, 2.05) is 25.1 Å². The monoisotopic (exact) mass is 512 g/mol. The summed E-state index contributed by atoms with van der Waals surface area (Å²) < 4.78 is 32.4. The molecule has 5 rings (SSSR count). The third kappa shape index (κ3) is 4.58. The summed E-state index contributed by atoms with van der Waals surface area (Å²) in [4.78, 5) is 7.15. The highest BCUT2D eigenvalue weighted by atomic mass is 35.5. The van der Waals surface area contributed by atoms with Gasteiger partial charge in [-0.05, 0) is 49.1 Å². The molecule has 8 heteroatoms. The average Bonchev–Trinajstić information content (AvgIpc) is 3.44. The van der Waals surface area contributed by atoms with Gasteiger partial charge in [0.05, 0.1) is 18.1 Å². The largest absolute Gasteiger partial charge is 0.378 e. The third-order valence-corrected chi connectivity index (χ3v) is 9.36. The maximum absolute atomic E-state index is 13.3.